The maximum absolute atomic E-state index is 9.36. The van der Waals surface area contributed by atoms with Crippen LogP contribution in [0.2, 0.25) is 0 Å². The van der Waals surface area contributed by atoms with Gasteiger partial charge in [0.05, 0.1) is 0 Å². The van der Waals surface area contributed by atoms with Gasteiger partial charge in [0.1, 0.15) is 6.23 Å². The van der Waals surface area contributed by atoms with E-state index >= 15 is 0 Å². The molecule has 1 saturated carbocycles. The first-order valence-corrected chi connectivity index (χ1v) is 4.64. The lowest BCUT2D eigenvalue weighted by molar-refractivity contribution is 0.0129. The highest BCUT2D eigenvalue weighted by Gasteiger charge is 2.40. The highest BCUT2D eigenvalue weighted by Crippen LogP contribution is 2.38. The lowest BCUT2D eigenvalue weighted by atomic mass is 10.3. The van der Waals surface area contributed by atoms with Crippen molar-refractivity contribution < 1.29 is 5.11 Å². The summed E-state index contributed by atoms with van der Waals surface area (Å²) in [7, 11) is 0. The van der Waals surface area contributed by atoms with Gasteiger partial charge in [-0.1, -0.05) is 20.3 Å². The first kappa shape index (κ1) is 9.01. The molecule has 1 fully saturated rings. The number of aliphatic hydroxyl groups is 1. The van der Waals surface area contributed by atoms with Gasteiger partial charge in [-0.05, 0) is 25.8 Å². The smallest absolute Gasteiger partial charge is 0.104 e. The van der Waals surface area contributed by atoms with Crippen LogP contribution in [0.4, 0.5) is 0 Å². The molecule has 1 aliphatic rings. The first-order valence-electron chi connectivity index (χ1n) is 4.64. The van der Waals surface area contributed by atoms with Crippen LogP contribution in [0.15, 0.2) is 0 Å². The molecule has 0 aromatic carbocycles. The lowest BCUT2D eigenvalue weighted by Gasteiger charge is -2.23. The zero-order valence-electron chi connectivity index (χ0n) is 7.75. The van der Waals surface area contributed by atoms with Gasteiger partial charge in [0.2, 0.25) is 0 Å². The fourth-order valence-electron chi connectivity index (χ4n) is 1.85. The summed E-state index contributed by atoms with van der Waals surface area (Å²) >= 11 is 0. The molecule has 3 unspecified atom stereocenters. The van der Waals surface area contributed by atoms with Crippen LogP contribution in [-0.2, 0) is 0 Å². The summed E-state index contributed by atoms with van der Waals surface area (Å²) in [5.74, 6) is 0.851. The van der Waals surface area contributed by atoms with Gasteiger partial charge in [-0.2, -0.15) is 0 Å². The van der Waals surface area contributed by atoms with Crippen molar-refractivity contribution >= 4 is 0 Å². The minimum atomic E-state index is -0.262. The van der Waals surface area contributed by atoms with Crippen molar-refractivity contribution in [3.63, 3.8) is 0 Å². The molecule has 0 aliphatic heterocycles. The third kappa shape index (κ3) is 1.94. The van der Waals surface area contributed by atoms with E-state index in [0.29, 0.717) is 6.04 Å². The summed E-state index contributed by atoms with van der Waals surface area (Å²) in [5, 5.41) is 9.36. The van der Waals surface area contributed by atoms with Crippen LogP contribution in [0.3, 0.4) is 0 Å². The molecular formula is C9H19NO. The Hall–Kier alpha value is -0.0800. The van der Waals surface area contributed by atoms with E-state index < -0.39 is 0 Å². The summed E-state index contributed by atoms with van der Waals surface area (Å²) in [6.07, 6.45) is 2.28. The average molecular weight is 157 g/mol. The van der Waals surface area contributed by atoms with Crippen LogP contribution < -0.4 is 0 Å². The maximum atomic E-state index is 9.36. The molecule has 0 heterocycles. The van der Waals surface area contributed by atoms with Gasteiger partial charge in [-0.25, -0.2) is 0 Å². The molecule has 1 rings (SSSR count). The number of hydrogen-bond donors (Lipinski definition) is 1. The van der Waals surface area contributed by atoms with Crippen molar-refractivity contribution in [2.75, 3.05) is 6.54 Å². The summed E-state index contributed by atoms with van der Waals surface area (Å²) < 4.78 is 0. The van der Waals surface area contributed by atoms with Crippen LogP contribution in [0.25, 0.3) is 0 Å². The molecule has 0 aromatic heterocycles. The molecule has 0 amide bonds. The minimum Gasteiger partial charge on any atom is -0.379 e. The Morgan fingerprint density at radius 2 is 2.18 bits per heavy atom. The van der Waals surface area contributed by atoms with Crippen LogP contribution in [0, 0.1) is 5.92 Å². The average Bonchev–Trinajstić information content (AvgIpc) is 2.68. The van der Waals surface area contributed by atoms with Gasteiger partial charge in [-0.3, -0.25) is 4.90 Å². The number of hydrogen-bond acceptors (Lipinski definition) is 2. The predicted octanol–water partition coefficient (Wildman–Crippen LogP) is 1.45. The van der Waals surface area contributed by atoms with E-state index in [-0.39, 0.29) is 6.23 Å². The molecule has 3 atom stereocenters. The van der Waals surface area contributed by atoms with Gasteiger partial charge >= 0.3 is 0 Å². The fraction of sp³-hybridized carbons (Fsp3) is 1.00. The van der Waals surface area contributed by atoms with E-state index in [9.17, 15) is 5.11 Å². The van der Waals surface area contributed by atoms with Crippen molar-refractivity contribution in [2.24, 2.45) is 5.92 Å². The summed E-state index contributed by atoms with van der Waals surface area (Å²) in [5.41, 5.74) is 0. The van der Waals surface area contributed by atoms with Crippen LogP contribution in [-0.4, -0.2) is 28.8 Å². The Morgan fingerprint density at radius 1 is 1.55 bits per heavy atom. The van der Waals surface area contributed by atoms with Crippen LogP contribution in [0.5, 0.6) is 0 Å². The molecule has 0 spiro atoms. The normalized spacial score (nSPS) is 32.5. The largest absolute Gasteiger partial charge is 0.379 e. The Morgan fingerprint density at radius 3 is 2.45 bits per heavy atom. The number of nitrogens with zero attached hydrogens (tertiary/aromatic N) is 1. The topological polar surface area (TPSA) is 23.5 Å². The number of aliphatic hydroxyl groups excluding tert-OH is 1. The Bertz CT molecular complexity index is 125. The highest BCUT2D eigenvalue weighted by atomic mass is 16.3. The second kappa shape index (κ2) is 3.55. The Labute approximate surface area is 69.2 Å². The zero-order valence-corrected chi connectivity index (χ0v) is 7.75. The monoisotopic (exact) mass is 157 g/mol. The van der Waals surface area contributed by atoms with E-state index in [0.717, 1.165) is 12.5 Å². The Kier molecular flexibility index (Phi) is 2.90. The van der Waals surface area contributed by atoms with E-state index in [4.69, 9.17) is 0 Å². The molecule has 0 saturated heterocycles. The molecule has 1 aliphatic carbocycles. The summed E-state index contributed by atoms with van der Waals surface area (Å²) in [4.78, 5) is 2.17. The van der Waals surface area contributed by atoms with E-state index in [1.54, 1.807) is 0 Å². The second-order valence-corrected chi connectivity index (χ2v) is 3.43. The van der Waals surface area contributed by atoms with Crippen LogP contribution in [0.1, 0.15) is 33.6 Å². The lowest BCUT2D eigenvalue weighted by Crippen LogP contribution is -2.35. The Balaban J connectivity index is 2.33. The van der Waals surface area contributed by atoms with Gasteiger partial charge in [0.25, 0.3) is 0 Å². The summed E-state index contributed by atoms with van der Waals surface area (Å²) in [6, 6.07) is 0.671. The standard InChI is InChI=1S/C9H19NO/c1-4-8-6-9(8)10(5-2)7(3)11/h7-9,11H,4-6H2,1-3H3. The quantitative estimate of drug-likeness (QED) is 0.624. The van der Waals surface area contributed by atoms with E-state index in [2.05, 4.69) is 18.7 Å². The third-order valence-electron chi connectivity index (χ3n) is 2.68. The zero-order chi connectivity index (χ0) is 8.43. The molecule has 2 heteroatoms. The van der Waals surface area contributed by atoms with Gasteiger partial charge in [0.15, 0.2) is 0 Å². The molecular weight excluding hydrogens is 138 g/mol. The third-order valence-corrected chi connectivity index (χ3v) is 2.68. The van der Waals surface area contributed by atoms with E-state index in [1.807, 2.05) is 6.92 Å². The van der Waals surface area contributed by atoms with Crippen molar-refractivity contribution in [1.29, 1.82) is 0 Å². The fourth-order valence-corrected chi connectivity index (χ4v) is 1.85. The second-order valence-electron chi connectivity index (χ2n) is 3.43. The van der Waals surface area contributed by atoms with Gasteiger partial charge in [0, 0.05) is 6.04 Å². The molecule has 66 valence electrons. The summed E-state index contributed by atoms with van der Waals surface area (Å²) in [6.45, 7) is 7.16. The number of rotatable bonds is 4. The first-order chi connectivity index (χ1) is 5.20. The SMILES string of the molecule is CCC1CC1N(CC)C(C)O. The molecule has 0 radical (unpaired) electrons. The maximum Gasteiger partial charge on any atom is 0.104 e. The van der Waals surface area contributed by atoms with Gasteiger partial charge in [-0.15, -0.1) is 0 Å². The van der Waals surface area contributed by atoms with Crippen LogP contribution >= 0.6 is 0 Å². The van der Waals surface area contributed by atoms with Crippen molar-refractivity contribution in [1.82, 2.24) is 4.90 Å². The van der Waals surface area contributed by atoms with Crippen molar-refractivity contribution in [3.05, 3.63) is 0 Å². The predicted molar refractivity (Wildman–Crippen MR) is 46.2 cm³/mol. The molecule has 1 N–H and O–H groups in total. The minimum absolute atomic E-state index is 0.262. The van der Waals surface area contributed by atoms with Crippen molar-refractivity contribution in [3.8, 4) is 0 Å². The molecule has 11 heavy (non-hydrogen) atoms. The molecule has 0 bridgehead atoms. The molecule has 0 aromatic rings. The highest BCUT2D eigenvalue weighted by molar-refractivity contribution is 4.93. The molecule has 2 nitrogen and oxygen atoms in total. The van der Waals surface area contributed by atoms with Gasteiger partial charge < -0.3 is 5.11 Å². The van der Waals surface area contributed by atoms with Crippen molar-refractivity contribution in [2.45, 2.75) is 45.9 Å². The van der Waals surface area contributed by atoms with E-state index in [1.165, 1.54) is 12.8 Å².